The van der Waals surface area contributed by atoms with Gasteiger partial charge in [0, 0.05) is 45.9 Å². The summed E-state index contributed by atoms with van der Waals surface area (Å²) in [6, 6.07) is -1.48. The Morgan fingerprint density at radius 3 is 1.65 bits per heavy atom. The van der Waals surface area contributed by atoms with E-state index < -0.39 is 143 Å². The van der Waals surface area contributed by atoms with Gasteiger partial charge in [-0.1, -0.05) is 154 Å². The Morgan fingerprint density at radius 2 is 1.05 bits per heavy atom. The molecule has 11 N–H and O–H groups in total. The van der Waals surface area contributed by atoms with E-state index in [1.165, 1.54) is 77.8 Å². The number of hydrogen-bond donors (Lipinski definition) is 11. The fourth-order valence-electron chi connectivity index (χ4n) is 11.8. The lowest BCUT2D eigenvalue weighted by Gasteiger charge is -2.49. The van der Waals surface area contributed by atoms with Crippen LogP contribution in [0.2, 0.25) is 0 Å². The number of aliphatic hydroxyl groups is 8. The van der Waals surface area contributed by atoms with Crippen LogP contribution < -0.4 is 16.0 Å². The molecule has 3 fully saturated rings. The van der Waals surface area contributed by atoms with E-state index >= 15 is 0 Å². The Balaban J connectivity index is 1.49. The smallest absolute Gasteiger partial charge is 0.327 e. The van der Waals surface area contributed by atoms with E-state index in [1.54, 1.807) is 0 Å². The van der Waals surface area contributed by atoms with Gasteiger partial charge in [0.15, 0.2) is 25.0 Å². The topological polar surface area (TPSA) is 393 Å². The third-order valence-corrected chi connectivity index (χ3v) is 19.1. The minimum atomic E-state index is -3.77. The quantitative estimate of drug-likeness (QED) is 0.0126. The SMILES string of the molecule is CCCCCCCC/C=C\CCCCCCCC(=O)O[C@H](COC(=O)C(/C=C/CCCCCCCC)CCCCCC)COP(C)(=O)OCCNC(=O)CCCCC(=O)NCCCO[C@@H]1OC(CO)[C@H](O)[C@H](O[C@H]2OC(CO)[C@H](O)[C@H](O)C2NC(C)=O)C1O[C@@H]1OC(C)[C@@H](O)[C@H](O)C1O. The van der Waals surface area contributed by atoms with Crippen LogP contribution in [-0.2, 0) is 75.5 Å². The molecule has 0 aromatic carbocycles. The number of allylic oxidation sites excluding steroid dienone is 3. The standard InChI is InChI=1S/C71H128N3O24P/c1-7-10-13-16-18-20-21-22-23-24-25-26-28-30-33-41-58(80)94-53(48-90-68(87)52(37-31-15-12-9-3)38-32-29-27-19-17-14-11-8-2)49-92-99(6,88)91-45-43-73-57(79)40-35-34-39-56(78)72-42-36-44-89-71-67(98-70-65(86)64(85)60(81)50(4)93-70)66(62(83)55(47-76)96-71)97-69-59(74-51(5)77)63(84)61(82)54(46-75)95-69/h22-23,32,38,50,52-55,59-67,69-71,75-76,81-86H,7-21,24-31,33-37,39-49H2,1-6H3,(H,72,78)(H,73,79)(H,74,77)/b23-22-,38-32+/t50?,52?,53-,54?,55?,59?,60-,61+,62+,63-,64+,65?,66+,67?,69-,70+,71-,99?/m1/s1. The molecule has 18 atom stereocenters. The van der Waals surface area contributed by atoms with Crippen molar-refractivity contribution < 1.29 is 116 Å². The third-order valence-electron chi connectivity index (χ3n) is 17.8. The molecule has 3 aliphatic heterocycles. The molecule has 0 bridgehead atoms. The first-order chi connectivity index (χ1) is 47.6. The van der Waals surface area contributed by atoms with Crippen molar-refractivity contribution in [1.29, 1.82) is 0 Å². The van der Waals surface area contributed by atoms with Crippen molar-refractivity contribution >= 4 is 37.3 Å². The summed E-state index contributed by atoms with van der Waals surface area (Å²) >= 11 is 0. The Bertz CT molecular complexity index is 2290. The van der Waals surface area contributed by atoms with E-state index in [0.29, 0.717) is 25.7 Å². The van der Waals surface area contributed by atoms with Crippen LogP contribution >= 0.6 is 7.60 Å². The van der Waals surface area contributed by atoms with Crippen molar-refractivity contribution in [2.75, 3.05) is 59.4 Å². The molecule has 0 aromatic heterocycles. The molecule has 576 valence electrons. The summed E-state index contributed by atoms with van der Waals surface area (Å²) in [6.45, 7) is 7.86. The molecule has 3 saturated heterocycles. The van der Waals surface area contributed by atoms with Crippen molar-refractivity contribution in [2.45, 2.75) is 332 Å². The number of aliphatic hydroxyl groups excluding tert-OH is 8. The molecule has 0 saturated carbocycles. The molecule has 0 spiro atoms. The maximum atomic E-state index is 13.6. The third kappa shape index (κ3) is 37.1. The molecule has 8 unspecified atom stereocenters. The normalized spacial score (nSPS) is 27.0. The number of nitrogens with one attached hydrogen (secondary N) is 3. The van der Waals surface area contributed by atoms with Crippen LogP contribution in [0.5, 0.6) is 0 Å². The first-order valence-corrected chi connectivity index (χ1v) is 39.1. The number of carbonyl (C=O) groups is 5. The second-order valence-corrected chi connectivity index (χ2v) is 28.6. The molecular weight excluding hydrogens is 1310 g/mol. The number of rotatable bonds is 56. The Kier molecular flexibility index (Phi) is 48.2. The molecule has 27 nitrogen and oxygen atoms in total. The van der Waals surface area contributed by atoms with Crippen LogP contribution in [0.25, 0.3) is 0 Å². The fourth-order valence-corrected chi connectivity index (χ4v) is 12.7. The number of amides is 3. The summed E-state index contributed by atoms with van der Waals surface area (Å²) < 4.78 is 72.0. The zero-order chi connectivity index (χ0) is 72.8. The monoisotopic (exact) mass is 1440 g/mol. The Hall–Kier alpha value is -3.58. The fraction of sp³-hybridized carbons (Fsp3) is 0.873. The van der Waals surface area contributed by atoms with Crippen LogP contribution in [0.15, 0.2) is 24.3 Å². The van der Waals surface area contributed by atoms with Crippen LogP contribution in [0.4, 0.5) is 0 Å². The van der Waals surface area contributed by atoms with Gasteiger partial charge in [0.05, 0.1) is 45.1 Å². The molecule has 99 heavy (non-hydrogen) atoms. The minimum absolute atomic E-state index is 0.00869. The summed E-state index contributed by atoms with van der Waals surface area (Å²) in [5.41, 5.74) is 0. The molecule has 0 radical (unpaired) electrons. The average Bonchev–Trinajstić information content (AvgIpc) is 0.774. The molecule has 0 aliphatic carbocycles. The van der Waals surface area contributed by atoms with Gasteiger partial charge in [-0.25, -0.2) is 0 Å². The largest absolute Gasteiger partial charge is 0.461 e. The van der Waals surface area contributed by atoms with Crippen LogP contribution in [0.1, 0.15) is 234 Å². The Labute approximate surface area is 588 Å². The van der Waals surface area contributed by atoms with Crippen molar-refractivity contribution in [3.8, 4) is 0 Å². The number of unbranched alkanes of at least 4 members (excludes halogenated alkanes) is 21. The number of hydrogen-bond acceptors (Lipinski definition) is 24. The summed E-state index contributed by atoms with van der Waals surface area (Å²) in [5, 5.41) is 93.0. The molecule has 28 heteroatoms. The predicted octanol–water partition coefficient (Wildman–Crippen LogP) is 7.05. The van der Waals surface area contributed by atoms with E-state index in [4.69, 9.17) is 46.9 Å². The van der Waals surface area contributed by atoms with Crippen molar-refractivity contribution in [3.63, 3.8) is 0 Å². The highest BCUT2D eigenvalue weighted by Crippen LogP contribution is 2.44. The molecule has 3 amide bonds. The number of ether oxygens (including phenoxy) is 8. The molecule has 3 rings (SSSR count). The summed E-state index contributed by atoms with van der Waals surface area (Å²) in [7, 11) is -3.77. The molecule has 3 heterocycles. The highest BCUT2D eigenvalue weighted by molar-refractivity contribution is 7.52. The van der Waals surface area contributed by atoms with Gasteiger partial charge in [-0.05, 0) is 77.6 Å². The van der Waals surface area contributed by atoms with Gasteiger partial charge in [0.2, 0.25) is 17.7 Å². The lowest BCUT2D eigenvalue weighted by Crippen LogP contribution is -2.68. The number of carbonyl (C=O) groups excluding carboxylic acids is 5. The highest BCUT2D eigenvalue weighted by Gasteiger charge is 2.54. The second-order valence-electron chi connectivity index (χ2n) is 26.6. The number of esters is 2. The van der Waals surface area contributed by atoms with Crippen molar-refractivity contribution in [1.82, 2.24) is 16.0 Å². The van der Waals surface area contributed by atoms with E-state index in [9.17, 15) is 69.4 Å². The van der Waals surface area contributed by atoms with Crippen LogP contribution in [-0.4, -0.2) is 228 Å². The van der Waals surface area contributed by atoms with E-state index in [0.717, 1.165) is 90.4 Å². The average molecular weight is 1440 g/mol. The van der Waals surface area contributed by atoms with E-state index in [1.807, 2.05) is 6.08 Å². The van der Waals surface area contributed by atoms with Crippen LogP contribution in [0, 0.1) is 5.92 Å². The van der Waals surface area contributed by atoms with Gasteiger partial charge in [-0.15, -0.1) is 0 Å². The maximum absolute atomic E-state index is 13.6. The zero-order valence-corrected chi connectivity index (χ0v) is 61.2. The second kappa shape index (κ2) is 53.2. The van der Waals surface area contributed by atoms with Gasteiger partial charge < -0.3 is 104 Å². The molecular formula is C71H128N3O24P. The highest BCUT2D eigenvalue weighted by atomic mass is 31.2. The molecule has 0 aromatic rings. The van der Waals surface area contributed by atoms with E-state index in [2.05, 4.69) is 54.9 Å². The van der Waals surface area contributed by atoms with Gasteiger partial charge in [0.1, 0.15) is 73.7 Å². The van der Waals surface area contributed by atoms with Gasteiger partial charge in [-0.2, -0.15) is 0 Å². The zero-order valence-electron chi connectivity index (χ0n) is 60.3. The summed E-state index contributed by atoms with van der Waals surface area (Å²) in [5.74, 6) is -2.70. The van der Waals surface area contributed by atoms with E-state index in [-0.39, 0.29) is 77.0 Å². The summed E-state index contributed by atoms with van der Waals surface area (Å²) in [4.78, 5) is 64.7. The minimum Gasteiger partial charge on any atom is -0.461 e. The Morgan fingerprint density at radius 1 is 0.525 bits per heavy atom. The summed E-state index contributed by atoms with van der Waals surface area (Å²) in [6.07, 6.45) is 13.2. The van der Waals surface area contributed by atoms with Crippen LogP contribution in [0.3, 0.4) is 0 Å². The first-order valence-electron chi connectivity index (χ1n) is 37.1. The molecule has 3 aliphatic rings. The van der Waals surface area contributed by atoms with Gasteiger partial charge >= 0.3 is 19.5 Å². The van der Waals surface area contributed by atoms with Gasteiger partial charge in [-0.3, -0.25) is 28.5 Å². The first kappa shape index (κ1) is 89.6. The van der Waals surface area contributed by atoms with Crippen molar-refractivity contribution in [3.05, 3.63) is 24.3 Å². The predicted molar refractivity (Wildman–Crippen MR) is 369 cm³/mol. The lowest BCUT2D eigenvalue weighted by atomic mass is 9.95. The van der Waals surface area contributed by atoms with Gasteiger partial charge in [0.25, 0.3) is 0 Å². The maximum Gasteiger partial charge on any atom is 0.327 e. The van der Waals surface area contributed by atoms with Crippen molar-refractivity contribution in [2.24, 2.45) is 5.92 Å². The lowest BCUT2D eigenvalue weighted by molar-refractivity contribution is -0.385.